The standard InChI is InChI=1S/C19H30N4O2S/c1-22(17-4-3-13-23(14-17)18-5-2-12-20-21-18)26(24,25)15-19-9-6-16(7-10-19)8-11-19/h2,5,12,16-17H,3-4,6-11,13-15H2,1H3. The van der Waals surface area contributed by atoms with Crippen LogP contribution in [-0.4, -0.2) is 54.9 Å². The summed E-state index contributed by atoms with van der Waals surface area (Å²) in [6, 6.07) is 3.85. The zero-order valence-corrected chi connectivity index (χ0v) is 16.5. The molecule has 5 rings (SSSR count). The highest BCUT2D eigenvalue weighted by molar-refractivity contribution is 7.89. The van der Waals surface area contributed by atoms with Gasteiger partial charge in [-0.15, -0.1) is 5.10 Å². The highest BCUT2D eigenvalue weighted by Gasteiger charge is 2.45. The second-order valence-corrected chi connectivity index (χ2v) is 10.6. The van der Waals surface area contributed by atoms with Gasteiger partial charge in [0.15, 0.2) is 5.82 Å². The van der Waals surface area contributed by atoms with Crippen LogP contribution in [0.4, 0.5) is 5.82 Å². The summed E-state index contributed by atoms with van der Waals surface area (Å²) in [5, 5.41) is 8.15. The fraction of sp³-hybridized carbons (Fsp3) is 0.789. The Morgan fingerprint density at radius 2 is 1.96 bits per heavy atom. The first-order valence-corrected chi connectivity index (χ1v) is 11.6. The highest BCUT2D eigenvalue weighted by Crippen LogP contribution is 2.51. The Hall–Kier alpha value is -1.21. The van der Waals surface area contributed by atoms with Gasteiger partial charge < -0.3 is 4.90 Å². The van der Waals surface area contributed by atoms with Crippen LogP contribution >= 0.6 is 0 Å². The quantitative estimate of drug-likeness (QED) is 0.788. The molecule has 1 unspecified atom stereocenters. The van der Waals surface area contributed by atoms with E-state index in [1.165, 1.54) is 19.3 Å². The number of likely N-dealkylation sites (N-methyl/N-ethyl adjacent to an activating group) is 1. The van der Waals surface area contributed by atoms with Crippen molar-refractivity contribution in [3.63, 3.8) is 0 Å². The van der Waals surface area contributed by atoms with Crippen LogP contribution in [0.15, 0.2) is 18.3 Å². The third-order valence-corrected chi connectivity index (χ3v) is 9.12. The Kier molecular flexibility index (Phi) is 4.94. The van der Waals surface area contributed by atoms with Crippen LogP contribution in [-0.2, 0) is 10.0 Å². The third-order valence-electron chi connectivity index (χ3n) is 6.97. The van der Waals surface area contributed by atoms with E-state index in [0.717, 1.165) is 50.4 Å². The summed E-state index contributed by atoms with van der Waals surface area (Å²) in [5.74, 6) is 2.04. The van der Waals surface area contributed by atoms with E-state index in [1.807, 2.05) is 12.1 Å². The number of piperidine rings is 1. The highest BCUT2D eigenvalue weighted by atomic mass is 32.2. The molecule has 2 bridgehead atoms. The summed E-state index contributed by atoms with van der Waals surface area (Å²) in [4.78, 5) is 2.16. The molecule has 26 heavy (non-hydrogen) atoms. The summed E-state index contributed by atoms with van der Waals surface area (Å²) < 4.78 is 28.1. The lowest BCUT2D eigenvalue weighted by Gasteiger charge is -2.47. The summed E-state index contributed by atoms with van der Waals surface area (Å²) in [5.41, 5.74) is 0.0428. The van der Waals surface area contributed by atoms with E-state index in [-0.39, 0.29) is 11.5 Å². The van der Waals surface area contributed by atoms with Gasteiger partial charge in [-0.05, 0) is 74.8 Å². The van der Waals surface area contributed by atoms with Crippen molar-refractivity contribution in [2.75, 3.05) is 30.8 Å². The van der Waals surface area contributed by atoms with Crippen LogP contribution in [0.3, 0.4) is 0 Å². The number of hydrogen-bond donors (Lipinski definition) is 0. The minimum Gasteiger partial charge on any atom is -0.354 e. The number of anilines is 1. The number of fused-ring (bicyclic) bond motifs is 3. The Morgan fingerprint density at radius 1 is 1.23 bits per heavy atom. The summed E-state index contributed by atoms with van der Waals surface area (Å²) in [7, 11) is -1.46. The van der Waals surface area contributed by atoms with Gasteiger partial charge in [0.2, 0.25) is 10.0 Å². The molecule has 4 fully saturated rings. The molecule has 1 aromatic heterocycles. The molecule has 0 aromatic carbocycles. The molecule has 1 aliphatic heterocycles. The zero-order valence-electron chi connectivity index (χ0n) is 15.7. The monoisotopic (exact) mass is 378 g/mol. The van der Waals surface area contributed by atoms with Gasteiger partial charge in [-0.2, -0.15) is 5.10 Å². The molecular formula is C19H30N4O2S. The van der Waals surface area contributed by atoms with Crippen molar-refractivity contribution >= 4 is 15.8 Å². The van der Waals surface area contributed by atoms with Crippen LogP contribution in [0.2, 0.25) is 0 Å². The van der Waals surface area contributed by atoms with Gasteiger partial charge in [0.25, 0.3) is 0 Å². The molecule has 2 heterocycles. The number of rotatable bonds is 5. The number of aromatic nitrogens is 2. The van der Waals surface area contributed by atoms with E-state index in [4.69, 9.17) is 0 Å². The van der Waals surface area contributed by atoms with Gasteiger partial charge in [-0.3, -0.25) is 0 Å². The molecular weight excluding hydrogens is 348 g/mol. The van der Waals surface area contributed by atoms with Gasteiger partial charge in [0.05, 0.1) is 5.75 Å². The molecule has 0 N–H and O–H groups in total. The lowest BCUT2D eigenvalue weighted by atomic mass is 9.62. The van der Waals surface area contributed by atoms with Crippen molar-refractivity contribution in [1.82, 2.24) is 14.5 Å². The van der Waals surface area contributed by atoms with E-state index >= 15 is 0 Å². The Bertz CT molecular complexity index is 703. The fourth-order valence-electron chi connectivity index (χ4n) is 5.19. The van der Waals surface area contributed by atoms with Crippen molar-refractivity contribution in [2.45, 2.75) is 57.4 Å². The average molecular weight is 379 g/mol. The molecule has 0 radical (unpaired) electrons. The molecule has 6 nitrogen and oxygen atoms in total. The molecule has 0 spiro atoms. The molecule has 4 aliphatic rings. The number of nitrogens with zero attached hydrogens (tertiary/aromatic N) is 4. The average Bonchev–Trinajstić information content (AvgIpc) is 2.69. The molecule has 1 atom stereocenters. The van der Waals surface area contributed by atoms with E-state index < -0.39 is 10.0 Å². The minimum absolute atomic E-state index is 0.0204. The minimum atomic E-state index is -3.24. The second-order valence-electron chi connectivity index (χ2n) is 8.58. The molecule has 3 aliphatic carbocycles. The normalized spacial score (nSPS) is 32.2. The van der Waals surface area contributed by atoms with Crippen molar-refractivity contribution < 1.29 is 8.42 Å². The van der Waals surface area contributed by atoms with Crippen molar-refractivity contribution in [1.29, 1.82) is 0 Å². The zero-order chi connectivity index (χ0) is 18.2. The smallest absolute Gasteiger partial charge is 0.214 e. The predicted octanol–water partition coefficient (Wildman–Crippen LogP) is 2.68. The maximum absolute atomic E-state index is 13.2. The lowest BCUT2D eigenvalue weighted by Crippen LogP contribution is -2.51. The largest absolute Gasteiger partial charge is 0.354 e. The van der Waals surface area contributed by atoms with E-state index in [9.17, 15) is 8.42 Å². The summed E-state index contributed by atoms with van der Waals surface area (Å²) >= 11 is 0. The van der Waals surface area contributed by atoms with Gasteiger partial charge >= 0.3 is 0 Å². The molecule has 1 aromatic rings. The van der Waals surface area contributed by atoms with Crippen LogP contribution in [0, 0.1) is 11.3 Å². The van der Waals surface area contributed by atoms with Crippen molar-refractivity contribution in [3.8, 4) is 0 Å². The first kappa shape index (κ1) is 18.2. The van der Waals surface area contributed by atoms with Crippen LogP contribution in [0.5, 0.6) is 0 Å². The Labute approximate surface area is 157 Å². The number of hydrogen-bond acceptors (Lipinski definition) is 5. The molecule has 3 saturated carbocycles. The molecule has 7 heteroatoms. The number of sulfonamides is 1. The van der Waals surface area contributed by atoms with E-state index in [1.54, 1.807) is 17.5 Å². The van der Waals surface area contributed by atoms with Gasteiger partial charge in [-0.1, -0.05) is 0 Å². The molecule has 144 valence electrons. The summed E-state index contributed by atoms with van der Waals surface area (Å²) in [6.07, 6.45) is 10.5. The Balaban J connectivity index is 1.44. The van der Waals surface area contributed by atoms with Gasteiger partial charge in [-0.25, -0.2) is 12.7 Å². The third kappa shape index (κ3) is 3.60. The van der Waals surface area contributed by atoms with Crippen LogP contribution < -0.4 is 4.90 Å². The molecule has 1 saturated heterocycles. The maximum Gasteiger partial charge on any atom is 0.214 e. The van der Waals surface area contributed by atoms with Gasteiger partial charge in [0, 0.05) is 32.4 Å². The van der Waals surface area contributed by atoms with Crippen LogP contribution in [0.1, 0.15) is 51.4 Å². The van der Waals surface area contributed by atoms with Crippen LogP contribution in [0.25, 0.3) is 0 Å². The SMILES string of the molecule is CN(C1CCCN(c2cccnn2)C1)S(=O)(=O)CC12CCC(CC1)CC2. The summed E-state index contributed by atoms with van der Waals surface area (Å²) in [6.45, 7) is 1.61. The second kappa shape index (κ2) is 7.08. The van der Waals surface area contributed by atoms with E-state index in [2.05, 4.69) is 15.1 Å². The molecule has 0 amide bonds. The van der Waals surface area contributed by atoms with Crippen molar-refractivity contribution in [3.05, 3.63) is 18.3 Å². The maximum atomic E-state index is 13.2. The first-order chi connectivity index (χ1) is 12.5. The fourth-order valence-corrected chi connectivity index (χ4v) is 7.23. The Morgan fingerprint density at radius 3 is 2.62 bits per heavy atom. The van der Waals surface area contributed by atoms with Crippen molar-refractivity contribution in [2.24, 2.45) is 11.3 Å². The van der Waals surface area contributed by atoms with Gasteiger partial charge in [0.1, 0.15) is 0 Å². The predicted molar refractivity (Wildman–Crippen MR) is 102 cm³/mol. The topological polar surface area (TPSA) is 66.4 Å². The first-order valence-electron chi connectivity index (χ1n) is 9.96. The lowest BCUT2D eigenvalue weighted by molar-refractivity contribution is 0.0846. The van der Waals surface area contributed by atoms with E-state index in [0.29, 0.717) is 12.3 Å².